The van der Waals surface area contributed by atoms with Gasteiger partial charge in [-0.25, -0.2) is 4.79 Å². The Morgan fingerprint density at radius 1 is 1.00 bits per heavy atom. The molecule has 0 radical (unpaired) electrons. The summed E-state index contributed by atoms with van der Waals surface area (Å²) in [4.78, 5) is 25.3. The summed E-state index contributed by atoms with van der Waals surface area (Å²) < 4.78 is 12.2. The van der Waals surface area contributed by atoms with Crippen LogP contribution in [0.4, 0.5) is 5.69 Å². The van der Waals surface area contributed by atoms with E-state index in [2.05, 4.69) is 37.2 Å². The first kappa shape index (κ1) is 20.4. The summed E-state index contributed by atoms with van der Waals surface area (Å²) in [6, 6.07) is 19.7. The van der Waals surface area contributed by atoms with Gasteiger partial charge in [0.2, 0.25) is 0 Å². The number of amides is 1. The Bertz CT molecular complexity index is 1330. The molecule has 1 amide bonds. The average Bonchev–Trinajstić information content (AvgIpc) is 2.73. The van der Waals surface area contributed by atoms with Crippen molar-refractivity contribution >= 4 is 54.4 Å². The molecule has 30 heavy (non-hydrogen) atoms. The van der Waals surface area contributed by atoms with Gasteiger partial charge in [-0.2, -0.15) is 0 Å². The van der Waals surface area contributed by atoms with Gasteiger partial charge in [0.05, 0.1) is 22.7 Å². The standard InChI is InChI=1S/C23H15Br2NO4/c1-29-21-18(11-15(24)12-19(21)25)22(27)26-16-7-4-6-13(9-16)17-10-14-5-2-3-8-20(14)30-23(17)28/h2-12H,1H3,(H,26,27). The lowest BCUT2D eigenvalue weighted by Crippen LogP contribution is -2.13. The largest absolute Gasteiger partial charge is 0.495 e. The van der Waals surface area contributed by atoms with Crippen LogP contribution in [0.15, 0.2) is 84.9 Å². The Balaban J connectivity index is 1.69. The van der Waals surface area contributed by atoms with E-state index in [-0.39, 0.29) is 5.91 Å². The summed E-state index contributed by atoms with van der Waals surface area (Å²) in [5, 5.41) is 3.69. The van der Waals surface area contributed by atoms with Crippen molar-refractivity contribution in [1.29, 1.82) is 0 Å². The number of halogens is 2. The van der Waals surface area contributed by atoms with Gasteiger partial charge in [-0.1, -0.05) is 46.3 Å². The molecule has 0 aliphatic heterocycles. The number of hydrogen-bond donors (Lipinski definition) is 1. The molecule has 1 heterocycles. The highest BCUT2D eigenvalue weighted by atomic mass is 79.9. The monoisotopic (exact) mass is 527 g/mol. The first-order chi connectivity index (χ1) is 14.5. The molecule has 4 rings (SSSR count). The third-order valence-electron chi connectivity index (χ3n) is 4.53. The Morgan fingerprint density at radius 3 is 2.60 bits per heavy atom. The Kier molecular flexibility index (Phi) is 5.74. The van der Waals surface area contributed by atoms with E-state index in [9.17, 15) is 9.59 Å². The van der Waals surface area contributed by atoms with Crippen LogP contribution in [-0.2, 0) is 0 Å². The quantitative estimate of drug-likeness (QED) is 0.318. The van der Waals surface area contributed by atoms with E-state index in [1.807, 2.05) is 18.2 Å². The first-order valence-electron chi connectivity index (χ1n) is 8.94. The van der Waals surface area contributed by atoms with Gasteiger partial charge in [0.25, 0.3) is 5.91 Å². The fourth-order valence-electron chi connectivity index (χ4n) is 3.16. The summed E-state index contributed by atoms with van der Waals surface area (Å²) in [6.07, 6.45) is 0. The molecule has 1 aromatic heterocycles. The van der Waals surface area contributed by atoms with Crippen molar-refractivity contribution in [2.45, 2.75) is 0 Å². The number of hydrogen-bond acceptors (Lipinski definition) is 4. The van der Waals surface area contributed by atoms with Crippen LogP contribution in [0.3, 0.4) is 0 Å². The van der Waals surface area contributed by atoms with Crippen molar-refractivity contribution in [2.75, 3.05) is 12.4 Å². The zero-order valence-corrected chi connectivity index (χ0v) is 18.9. The lowest BCUT2D eigenvalue weighted by atomic mass is 10.1. The summed E-state index contributed by atoms with van der Waals surface area (Å²) in [6.45, 7) is 0. The fraction of sp³-hybridized carbons (Fsp3) is 0.0435. The second-order valence-corrected chi connectivity index (χ2v) is 8.26. The second kappa shape index (κ2) is 8.45. The topological polar surface area (TPSA) is 68.5 Å². The molecular weight excluding hydrogens is 514 g/mol. The van der Waals surface area contributed by atoms with Crippen molar-refractivity contribution in [3.05, 3.63) is 91.7 Å². The van der Waals surface area contributed by atoms with Crippen LogP contribution < -0.4 is 15.7 Å². The van der Waals surface area contributed by atoms with Gasteiger partial charge in [0.15, 0.2) is 0 Å². The van der Waals surface area contributed by atoms with Crippen LogP contribution in [0, 0.1) is 0 Å². The lowest BCUT2D eigenvalue weighted by molar-refractivity contribution is 0.102. The molecule has 0 unspecified atom stereocenters. The van der Waals surface area contributed by atoms with Gasteiger partial charge in [0, 0.05) is 15.5 Å². The molecule has 0 saturated carbocycles. The molecule has 0 saturated heterocycles. The van der Waals surface area contributed by atoms with Crippen LogP contribution in [0.1, 0.15) is 10.4 Å². The highest BCUT2D eigenvalue weighted by Crippen LogP contribution is 2.33. The van der Waals surface area contributed by atoms with Crippen LogP contribution in [0.25, 0.3) is 22.1 Å². The second-order valence-electron chi connectivity index (χ2n) is 6.49. The molecule has 0 spiro atoms. The summed E-state index contributed by atoms with van der Waals surface area (Å²) >= 11 is 6.79. The maximum Gasteiger partial charge on any atom is 0.344 e. The van der Waals surface area contributed by atoms with E-state index in [4.69, 9.17) is 9.15 Å². The highest BCUT2D eigenvalue weighted by Gasteiger charge is 2.17. The number of carbonyl (C=O) groups excluding carboxylic acids is 1. The van der Waals surface area contributed by atoms with Crippen molar-refractivity contribution in [3.63, 3.8) is 0 Å². The van der Waals surface area contributed by atoms with Crippen molar-refractivity contribution in [1.82, 2.24) is 0 Å². The van der Waals surface area contributed by atoms with E-state index < -0.39 is 5.63 Å². The zero-order valence-electron chi connectivity index (χ0n) is 15.7. The van der Waals surface area contributed by atoms with Crippen LogP contribution >= 0.6 is 31.9 Å². The zero-order chi connectivity index (χ0) is 21.3. The lowest BCUT2D eigenvalue weighted by Gasteiger charge is -2.12. The molecule has 0 aliphatic rings. The van der Waals surface area contributed by atoms with Crippen molar-refractivity contribution < 1.29 is 13.9 Å². The molecule has 7 heteroatoms. The Hall–Kier alpha value is -2.90. The number of ether oxygens (including phenoxy) is 1. The smallest absolute Gasteiger partial charge is 0.344 e. The number of fused-ring (bicyclic) bond motifs is 1. The number of rotatable bonds is 4. The molecule has 4 aromatic rings. The molecule has 3 aromatic carbocycles. The van der Waals surface area contributed by atoms with Gasteiger partial charge >= 0.3 is 5.63 Å². The van der Waals surface area contributed by atoms with Gasteiger partial charge in [-0.3, -0.25) is 4.79 Å². The Labute approximate surface area is 188 Å². The molecular formula is C23H15Br2NO4. The van der Waals surface area contributed by atoms with E-state index in [1.165, 1.54) is 7.11 Å². The third-order valence-corrected chi connectivity index (χ3v) is 5.58. The maximum absolute atomic E-state index is 12.9. The van der Waals surface area contributed by atoms with E-state index in [0.29, 0.717) is 38.2 Å². The number of carbonyl (C=O) groups is 1. The predicted octanol–water partition coefficient (Wildman–Crippen LogP) is 6.25. The number of para-hydroxylation sites is 1. The number of nitrogens with one attached hydrogen (secondary N) is 1. The first-order valence-corrected chi connectivity index (χ1v) is 10.5. The molecule has 0 aliphatic carbocycles. The minimum Gasteiger partial charge on any atom is -0.495 e. The number of benzene rings is 3. The molecule has 0 bridgehead atoms. The van der Waals surface area contributed by atoms with Crippen molar-refractivity contribution in [3.8, 4) is 16.9 Å². The highest BCUT2D eigenvalue weighted by molar-refractivity contribution is 9.11. The minimum absolute atomic E-state index is 0.337. The van der Waals surface area contributed by atoms with E-state index in [1.54, 1.807) is 48.5 Å². The van der Waals surface area contributed by atoms with Crippen LogP contribution in [0.2, 0.25) is 0 Å². The van der Waals surface area contributed by atoms with E-state index >= 15 is 0 Å². The summed E-state index contributed by atoms with van der Waals surface area (Å²) in [5.41, 5.74) is 2.08. The number of anilines is 1. The molecule has 1 N–H and O–H groups in total. The van der Waals surface area contributed by atoms with Crippen molar-refractivity contribution in [2.24, 2.45) is 0 Å². The molecule has 5 nitrogen and oxygen atoms in total. The number of methoxy groups -OCH3 is 1. The summed E-state index contributed by atoms with van der Waals surface area (Å²) in [7, 11) is 1.50. The van der Waals surface area contributed by atoms with E-state index in [0.717, 1.165) is 9.86 Å². The average molecular weight is 529 g/mol. The normalized spacial score (nSPS) is 10.8. The predicted molar refractivity (Wildman–Crippen MR) is 124 cm³/mol. The molecule has 150 valence electrons. The van der Waals surface area contributed by atoms with Gasteiger partial charge in [-0.05, 0) is 57.9 Å². The fourth-order valence-corrected chi connectivity index (χ4v) is 4.55. The summed E-state index contributed by atoms with van der Waals surface area (Å²) in [5.74, 6) is 0.0959. The Morgan fingerprint density at radius 2 is 1.80 bits per heavy atom. The van der Waals surface area contributed by atoms with Gasteiger partial charge in [-0.15, -0.1) is 0 Å². The van der Waals surface area contributed by atoms with Crippen LogP contribution in [-0.4, -0.2) is 13.0 Å². The maximum atomic E-state index is 12.9. The SMILES string of the molecule is COc1c(Br)cc(Br)cc1C(=O)Nc1cccc(-c2cc3ccccc3oc2=O)c1. The molecule has 0 fully saturated rings. The molecule has 0 atom stereocenters. The minimum atomic E-state index is -0.435. The van der Waals surface area contributed by atoms with Gasteiger partial charge < -0.3 is 14.5 Å². The van der Waals surface area contributed by atoms with Crippen LogP contribution in [0.5, 0.6) is 5.75 Å². The third kappa shape index (κ3) is 4.04. The van der Waals surface area contributed by atoms with Gasteiger partial charge in [0.1, 0.15) is 11.3 Å².